The van der Waals surface area contributed by atoms with E-state index in [1.807, 2.05) is 23.1 Å². The van der Waals surface area contributed by atoms with Crippen LogP contribution in [0.25, 0.3) is 0 Å². The fourth-order valence-electron chi connectivity index (χ4n) is 2.50. The third-order valence-electron chi connectivity index (χ3n) is 3.77. The summed E-state index contributed by atoms with van der Waals surface area (Å²) in [7, 11) is -1.10. The normalized spacial score (nSPS) is 19.5. The highest BCUT2D eigenvalue weighted by molar-refractivity contribution is 7.99. The number of carbonyl (C=O) groups excluding carboxylic acids is 1. The summed E-state index contributed by atoms with van der Waals surface area (Å²) in [5.41, 5.74) is 0. The first kappa shape index (κ1) is 17.4. The number of amides is 1. The van der Waals surface area contributed by atoms with Crippen molar-refractivity contribution in [3.8, 4) is 0 Å². The first-order valence-corrected chi connectivity index (χ1v) is 11.1. The van der Waals surface area contributed by atoms with Gasteiger partial charge in [-0.15, -0.1) is 21.5 Å². The Morgan fingerprint density at radius 3 is 3.00 bits per heavy atom. The molecule has 1 aliphatic heterocycles. The number of hydrogen-bond acceptors (Lipinski definition) is 7. The summed E-state index contributed by atoms with van der Waals surface area (Å²) in [6.45, 7) is 0. The van der Waals surface area contributed by atoms with Crippen molar-refractivity contribution in [3.05, 3.63) is 28.2 Å². The second-order valence-corrected chi connectivity index (χ2v) is 9.87. The van der Waals surface area contributed by atoms with Crippen LogP contribution in [0.5, 0.6) is 0 Å². The SMILES string of the molecule is Cn1c(Cc2cccs2)nnc1SCC(=O)N[C@H]1CCS(=O)(=O)C1. The highest BCUT2D eigenvalue weighted by Crippen LogP contribution is 2.19. The molecule has 0 bridgehead atoms. The molecule has 0 unspecified atom stereocenters. The number of nitrogens with one attached hydrogen (secondary N) is 1. The molecular weight excluding hydrogens is 368 g/mol. The molecule has 1 saturated heterocycles. The number of hydrogen-bond donors (Lipinski definition) is 1. The molecule has 2 aromatic rings. The summed E-state index contributed by atoms with van der Waals surface area (Å²) in [4.78, 5) is 13.2. The molecule has 3 rings (SSSR count). The van der Waals surface area contributed by atoms with Crippen LogP contribution >= 0.6 is 23.1 Å². The Balaban J connectivity index is 1.51. The van der Waals surface area contributed by atoms with Gasteiger partial charge in [-0.05, 0) is 17.9 Å². The summed E-state index contributed by atoms with van der Waals surface area (Å²) in [6.07, 6.45) is 1.21. The summed E-state index contributed by atoms with van der Waals surface area (Å²) in [6, 6.07) is 3.78. The van der Waals surface area contributed by atoms with Crippen LogP contribution in [0.3, 0.4) is 0 Å². The van der Waals surface area contributed by atoms with Gasteiger partial charge in [0.1, 0.15) is 5.82 Å². The zero-order valence-electron chi connectivity index (χ0n) is 13.1. The topological polar surface area (TPSA) is 93.9 Å². The van der Waals surface area contributed by atoms with Crippen LogP contribution in [-0.4, -0.2) is 52.4 Å². The molecule has 2 aromatic heterocycles. The van der Waals surface area contributed by atoms with Crippen molar-refractivity contribution in [3.63, 3.8) is 0 Å². The average molecular weight is 387 g/mol. The quantitative estimate of drug-likeness (QED) is 0.740. The van der Waals surface area contributed by atoms with Crippen LogP contribution < -0.4 is 5.32 Å². The zero-order chi connectivity index (χ0) is 17.2. The van der Waals surface area contributed by atoms with Gasteiger partial charge < -0.3 is 9.88 Å². The van der Waals surface area contributed by atoms with Crippen molar-refractivity contribution in [2.75, 3.05) is 17.3 Å². The van der Waals surface area contributed by atoms with E-state index in [-0.39, 0.29) is 29.2 Å². The van der Waals surface area contributed by atoms with Gasteiger partial charge in [-0.25, -0.2) is 8.42 Å². The molecule has 0 radical (unpaired) electrons. The number of sulfone groups is 1. The molecule has 3 heterocycles. The zero-order valence-corrected chi connectivity index (χ0v) is 15.6. The molecule has 1 aliphatic rings. The van der Waals surface area contributed by atoms with E-state index in [1.54, 1.807) is 11.3 Å². The molecule has 130 valence electrons. The van der Waals surface area contributed by atoms with Gasteiger partial charge in [-0.2, -0.15) is 0 Å². The van der Waals surface area contributed by atoms with Gasteiger partial charge >= 0.3 is 0 Å². The van der Waals surface area contributed by atoms with Gasteiger partial charge in [0.05, 0.1) is 17.3 Å². The molecule has 24 heavy (non-hydrogen) atoms. The van der Waals surface area contributed by atoms with E-state index in [1.165, 1.54) is 16.6 Å². The maximum Gasteiger partial charge on any atom is 0.230 e. The molecule has 0 saturated carbocycles. The predicted molar refractivity (Wildman–Crippen MR) is 94.1 cm³/mol. The minimum Gasteiger partial charge on any atom is -0.352 e. The largest absolute Gasteiger partial charge is 0.352 e. The smallest absolute Gasteiger partial charge is 0.230 e. The number of aromatic nitrogens is 3. The number of thioether (sulfide) groups is 1. The van der Waals surface area contributed by atoms with Gasteiger partial charge in [0, 0.05) is 24.4 Å². The van der Waals surface area contributed by atoms with Gasteiger partial charge in [-0.3, -0.25) is 4.79 Å². The van der Waals surface area contributed by atoms with Crippen LogP contribution in [0.2, 0.25) is 0 Å². The highest BCUT2D eigenvalue weighted by atomic mass is 32.2. The van der Waals surface area contributed by atoms with Gasteiger partial charge in [0.2, 0.25) is 5.91 Å². The summed E-state index contributed by atoms with van der Waals surface area (Å²) in [5.74, 6) is 1.06. The third kappa shape index (κ3) is 4.37. The fourth-order valence-corrected chi connectivity index (χ4v) is 5.62. The van der Waals surface area contributed by atoms with Crippen LogP contribution in [0.1, 0.15) is 17.1 Å². The molecule has 1 amide bonds. The van der Waals surface area contributed by atoms with Crippen LogP contribution in [0.4, 0.5) is 0 Å². The molecule has 1 N–H and O–H groups in total. The second-order valence-electron chi connectivity index (χ2n) is 5.67. The summed E-state index contributed by atoms with van der Waals surface area (Å²) in [5, 5.41) is 13.8. The van der Waals surface area contributed by atoms with Gasteiger partial charge in [-0.1, -0.05) is 17.8 Å². The Labute approximate surface area is 148 Å². The van der Waals surface area contributed by atoms with Crippen LogP contribution in [0.15, 0.2) is 22.7 Å². The Morgan fingerprint density at radius 2 is 2.33 bits per heavy atom. The van der Waals surface area contributed by atoms with Crippen molar-refractivity contribution < 1.29 is 13.2 Å². The number of rotatable bonds is 6. The van der Waals surface area contributed by atoms with Crippen molar-refractivity contribution >= 4 is 38.8 Å². The minimum atomic E-state index is -2.98. The molecule has 0 spiro atoms. The number of nitrogens with zero attached hydrogens (tertiary/aromatic N) is 3. The molecule has 7 nitrogen and oxygen atoms in total. The molecule has 1 fully saturated rings. The van der Waals surface area contributed by atoms with E-state index in [9.17, 15) is 13.2 Å². The van der Waals surface area contributed by atoms with E-state index < -0.39 is 9.84 Å². The first-order valence-electron chi connectivity index (χ1n) is 7.46. The molecule has 0 aromatic carbocycles. The Morgan fingerprint density at radius 1 is 1.50 bits per heavy atom. The first-order chi connectivity index (χ1) is 11.4. The van der Waals surface area contributed by atoms with E-state index in [2.05, 4.69) is 21.6 Å². The highest BCUT2D eigenvalue weighted by Gasteiger charge is 2.28. The van der Waals surface area contributed by atoms with E-state index in [4.69, 9.17) is 0 Å². The second kappa shape index (κ2) is 7.24. The van der Waals surface area contributed by atoms with E-state index in [0.717, 1.165) is 5.82 Å². The monoisotopic (exact) mass is 386 g/mol. The van der Waals surface area contributed by atoms with Crippen molar-refractivity contribution in [2.45, 2.75) is 24.0 Å². The van der Waals surface area contributed by atoms with Crippen LogP contribution in [-0.2, 0) is 28.1 Å². The summed E-state index contributed by atoms with van der Waals surface area (Å²) < 4.78 is 24.7. The number of carbonyl (C=O) groups is 1. The molecule has 0 aliphatic carbocycles. The fraction of sp³-hybridized carbons (Fsp3) is 0.500. The average Bonchev–Trinajstić information content (AvgIpc) is 3.22. The standard InChI is InChI=1S/C14H18N4O3S3/c1-18-12(7-11-3-2-5-22-11)16-17-14(18)23-8-13(19)15-10-4-6-24(20,21)9-10/h2-3,5,10H,4,6-9H2,1H3,(H,15,19)/t10-/m0/s1. The maximum absolute atomic E-state index is 12.0. The lowest BCUT2D eigenvalue weighted by molar-refractivity contribution is -0.119. The molecule has 1 atom stereocenters. The van der Waals surface area contributed by atoms with Crippen LogP contribution in [0, 0.1) is 0 Å². The lowest BCUT2D eigenvalue weighted by Crippen LogP contribution is -2.36. The lowest BCUT2D eigenvalue weighted by atomic mass is 10.3. The van der Waals surface area contributed by atoms with E-state index in [0.29, 0.717) is 18.0 Å². The minimum absolute atomic E-state index is 0.0400. The van der Waals surface area contributed by atoms with E-state index >= 15 is 0 Å². The maximum atomic E-state index is 12.0. The van der Waals surface area contributed by atoms with Crippen molar-refractivity contribution in [1.29, 1.82) is 0 Å². The summed E-state index contributed by atoms with van der Waals surface area (Å²) >= 11 is 2.97. The van der Waals surface area contributed by atoms with Crippen molar-refractivity contribution in [2.24, 2.45) is 7.05 Å². The predicted octanol–water partition coefficient (Wildman–Crippen LogP) is 0.863. The third-order valence-corrected chi connectivity index (χ3v) is 7.43. The number of thiophene rings is 1. The van der Waals surface area contributed by atoms with Gasteiger partial charge in [0.15, 0.2) is 15.0 Å². The Bertz CT molecular complexity index is 814. The van der Waals surface area contributed by atoms with Gasteiger partial charge in [0.25, 0.3) is 0 Å². The molecular formula is C14H18N4O3S3. The van der Waals surface area contributed by atoms with Crippen molar-refractivity contribution in [1.82, 2.24) is 20.1 Å². The lowest BCUT2D eigenvalue weighted by Gasteiger charge is -2.10. The molecule has 10 heteroatoms. The Hall–Kier alpha value is -1.39. The Kier molecular flexibility index (Phi) is 5.26.